The number of nitrogens with zero attached hydrogens (tertiary/aromatic N) is 1. The first kappa shape index (κ1) is 21.6. The van der Waals surface area contributed by atoms with Crippen LogP contribution in [0, 0.1) is 12.8 Å². The number of carbonyl (C=O) groups is 1. The number of amides is 1. The van der Waals surface area contributed by atoms with Crippen LogP contribution in [-0.2, 0) is 10.0 Å². The lowest BCUT2D eigenvalue weighted by molar-refractivity contribution is 0.0936. The molecular formula is C19H32N2O3S. The Balaban J connectivity index is 3.03. The second-order valence-corrected chi connectivity index (χ2v) is 8.85. The molecule has 0 spiro atoms. The van der Waals surface area contributed by atoms with E-state index >= 15 is 0 Å². The third-order valence-corrected chi connectivity index (χ3v) is 6.40. The monoisotopic (exact) mass is 368 g/mol. The van der Waals surface area contributed by atoms with E-state index in [9.17, 15) is 13.2 Å². The van der Waals surface area contributed by atoms with Crippen molar-refractivity contribution in [2.75, 3.05) is 13.1 Å². The molecule has 1 amide bonds. The minimum absolute atomic E-state index is 0.0531. The zero-order valence-electron chi connectivity index (χ0n) is 16.3. The summed E-state index contributed by atoms with van der Waals surface area (Å²) in [6.45, 7) is 12.5. The maximum absolute atomic E-state index is 12.7. The van der Waals surface area contributed by atoms with Gasteiger partial charge in [-0.3, -0.25) is 4.79 Å². The molecule has 142 valence electrons. The van der Waals surface area contributed by atoms with E-state index in [0.29, 0.717) is 24.6 Å². The number of carbonyl (C=O) groups excluding carboxylic acids is 1. The number of nitrogens with one attached hydrogen (secondary N) is 1. The molecule has 6 heteroatoms. The number of rotatable bonds is 9. The number of sulfonamides is 1. The fourth-order valence-corrected chi connectivity index (χ4v) is 4.16. The predicted octanol–water partition coefficient (Wildman–Crippen LogP) is 3.58. The number of aryl methyl sites for hydroxylation is 1. The van der Waals surface area contributed by atoms with Crippen LogP contribution in [0.4, 0.5) is 0 Å². The average molecular weight is 369 g/mol. The fraction of sp³-hybridized carbons (Fsp3) is 0.632. The van der Waals surface area contributed by atoms with Crippen LogP contribution in [0.2, 0.25) is 0 Å². The molecule has 1 N–H and O–H groups in total. The Labute approximate surface area is 152 Å². The van der Waals surface area contributed by atoms with Crippen LogP contribution < -0.4 is 5.32 Å². The van der Waals surface area contributed by atoms with E-state index in [4.69, 9.17) is 0 Å². The first-order valence-corrected chi connectivity index (χ1v) is 10.5. The van der Waals surface area contributed by atoms with Crippen LogP contribution in [0.5, 0.6) is 0 Å². The Morgan fingerprint density at radius 2 is 1.72 bits per heavy atom. The maximum atomic E-state index is 12.7. The van der Waals surface area contributed by atoms with Gasteiger partial charge in [-0.2, -0.15) is 4.31 Å². The van der Waals surface area contributed by atoms with Gasteiger partial charge in [-0.05, 0) is 50.3 Å². The minimum Gasteiger partial charge on any atom is -0.350 e. The van der Waals surface area contributed by atoms with Crippen molar-refractivity contribution in [2.45, 2.75) is 65.3 Å². The zero-order valence-corrected chi connectivity index (χ0v) is 17.1. The second-order valence-electron chi connectivity index (χ2n) is 6.91. The molecule has 0 aromatic heterocycles. The molecule has 0 aliphatic heterocycles. The van der Waals surface area contributed by atoms with E-state index in [0.717, 1.165) is 18.4 Å². The largest absolute Gasteiger partial charge is 0.350 e. The van der Waals surface area contributed by atoms with Crippen molar-refractivity contribution in [3.05, 3.63) is 29.3 Å². The minimum atomic E-state index is -3.57. The van der Waals surface area contributed by atoms with Crippen molar-refractivity contribution >= 4 is 15.9 Å². The molecule has 25 heavy (non-hydrogen) atoms. The quantitative estimate of drug-likeness (QED) is 0.724. The van der Waals surface area contributed by atoms with E-state index in [-0.39, 0.29) is 16.8 Å². The van der Waals surface area contributed by atoms with Crippen LogP contribution in [0.15, 0.2) is 23.1 Å². The van der Waals surface area contributed by atoms with Gasteiger partial charge in [0.05, 0.1) is 4.90 Å². The number of hydrogen-bond donors (Lipinski definition) is 1. The van der Waals surface area contributed by atoms with Gasteiger partial charge in [-0.1, -0.05) is 33.8 Å². The van der Waals surface area contributed by atoms with E-state index in [1.54, 1.807) is 26.0 Å². The standard InChI is InChI=1S/C19H32N2O3S/c1-7-21(8-2)25(23,24)17-12-10-15(5)18(13-17)19(22)20-16(6)11-9-14(3)4/h10,12-14,16H,7-9,11H2,1-6H3,(H,20,22). The van der Waals surface area contributed by atoms with Crippen LogP contribution >= 0.6 is 0 Å². The van der Waals surface area contributed by atoms with E-state index < -0.39 is 10.0 Å². The topological polar surface area (TPSA) is 66.5 Å². The Hall–Kier alpha value is -1.40. The molecule has 0 bridgehead atoms. The van der Waals surface area contributed by atoms with E-state index in [1.807, 2.05) is 13.8 Å². The molecule has 1 aromatic rings. The van der Waals surface area contributed by atoms with Gasteiger partial charge in [0, 0.05) is 24.7 Å². The summed E-state index contributed by atoms with van der Waals surface area (Å²) in [6, 6.07) is 4.82. The summed E-state index contributed by atoms with van der Waals surface area (Å²) in [7, 11) is -3.57. The third-order valence-electron chi connectivity index (χ3n) is 4.35. The first-order chi connectivity index (χ1) is 11.6. The lowest BCUT2D eigenvalue weighted by atomic mass is 10.0. The molecule has 0 saturated carbocycles. The Morgan fingerprint density at radius 1 is 1.12 bits per heavy atom. The predicted molar refractivity (Wildman–Crippen MR) is 102 cm³/mol. The van der Waals surface area contributed by atoms with Crippen LogP contribution in [0.25, 0.3) is 0 Å². The first-order valence-electron chi connectivity index (χ1n) is 9.05. The molecule has 0 fully saturated rings. The van der Waals surface area contributed by atoms with Gasteiger partial charge in [-0.25, -0.2) is 8.42 Å². The molecule has 0 radical (unpaired) electrons. The summed E-state index contributed by atoms with van der Waals surface area (Å²) < 4.78 is 26.7. The summed E-state index contributed by atoms with van der Waals surface area (Å²) in [4.78, 5) is 12.8. The van der Waals surface area contributed by atoms with Crippen molar-refractivity contribution in [3.8, 4) is 0 Å². The molecule has 1 atom stereocenters. The number of hydrogen-bond acceptors (Lipinski definition) is 3. The van der Waals surface area contributed by atoms with E-state index in [2.05, 4.69) is 19.2 Å². The van der Waals surface area contributed by atoms with Crippen molar-refractivity contribution in [1.29, 1.82) is 0 Å². The summed E-state index contributed by atoms with van der Waals surface area (Å²) in [6.07, 6.45) is 1.94. The molecule has 0 heterocycles. The highest BCUT2D eigenvalue weighted by atomic mass is 32.2. The lowest BCUT2D eigenvalue weighted by Gasteiger charge is -2.20. The van der Waals surface area contributed by atoms with Crippen molar-refractivity contribution in [3.63, 3.8) is 0 Å². The summed E-state index contributed by atoms with van der Waals surface area (Å²) in [5.74, 6) is 0.369. The van der Waals surface area contributed by atoms with Gasteiger partial charge in [0.1, 0.15) is 0 Å². The van der Waals surface area contributed by atoms with Crippen LogP contribution in [-0.4, -0.2) is 37.8 Å². The Bertz CT molecular complexity index is 680. The number of benzene rings is 1. The average Bonchev–Trinajstić information content (AvgIpc) is 2.53. The van der Waals surface area contributed by atoms with Crippen molar-refractivity contribution in [2.24, 2.45) is 5.92 Å². The van der Waals surface area contributed by atoms with Gasteiger partial charge in [0.2, 0.25) is 10.0 Å². The molecule has 0 aliphatic rings. The molecule has 1 unspecified atom stereocenters. The second kappa shape index (κ2) is 9.34. The van der Waals surface area contributed by atoms with Gasteiger partial charge >= 0.3 is 0 Å². The molecule has 1 rings (SSSR count). The Kier molecular flexibility index (Phi) is 8.09. The highest BCUT2D eigenvalue weighted by Crippen LogP contribution is 2.20. The molecule has 0 saturated heterocycles. The fourth-order valence-electron chi connectivity index (χ4n) is 2.68. The normalized spacial score (nSPS) is 13.3. The van der Waals surface area contributed by atoms with Crippen molar-refractivity contribution < 1.29 is 13.2 Å². The summed E-state index contributed by atoms with van der Waals surface area (Å²) in [5.41, 5.74) is 1.19. The molecular weight excluding hydrogens is 336 g/mol. The smallest absolute Gasteiger partial charge is 0.251 e. The third kappa shape index (κ3) is 5.82. The SMILES string of the molecule is CCN(CC)S(=O)(=O)c1ccc(C)c(C(=O)NC(C)CCC(C)C)c1. The van der Waals surface area contributed by atoms with Gasteiger partial charge < -0.3 is 5.32 Å². The molecule has 5 nitrogen and oxygen atoms in total. The van der Waals surface area contributed by atoms with Gasteiger partial charge in [-0.15, -0.1) is 0 Å². The maximum Gasteiger partial charge on any atom is 0.251 e. The zero-order chi connectivity index (χ0) is 19.2. The Morgan fingerprint density at radius 3 is 2.24 bits per heavy atom. The summed E-state index contributed by atoms with van der Waals surface area (Å²) in [5, 5.41) is 2.98. The molecule has 0 aliphatic carbocycles. The van der Waals surface area contributed by atoms with Crippen LogP contribution in [0.3, 0.4) is 0 Å². The summed E-state index contributed by atoms with van der Waals surface area (Å²) >= 11 is 0. The van der Waals surface area contributed by atoms with Gasteiger partial charge in [0.15, 0.2) is 0 Å². The van der Waals surface area contributed by atoms with Crippen molar-refractivity contribution in [1.82, 2.24) is 9.62 Å². The van der Waals surface area contributed by atoms with E-state index in [1.165, 1.54) is 10.4 Å². The lowest BCUT2D eigenvalue weighted by Crippen LogP contribution is -2.34. The highest BCUT2D eigenvalue weighted by Gasteiger charge is 2.23. The van der Waals surface area contributed by atoms with Gasteiger partial charge in [0.25, 0.3) is 5.91 Å². The molecule has 1 aromatic carbocycles. The highest BCUT2D eigenvalue weighted by molar-refractivity contribution is 7.89. The van der Waals surface area contributed by atoms with Crippen LogP contribution in [0.1, 0.15) is 63.4 Å².